The Morgan fingerprint density at radius 2 is 2.07 bits per heavy atom. The second-order valence-electron chi connectivity index (χ2n) is 4.01. The topological polar surface area (TPSA) is 43.2 Å². The van der Waals surface area contributed by atoms with Crippen LogP contribution in [0, 0.1) is 0 Å². The van der Waals surface area contributed by atoms with Crippen molar-refractivity contribution in [2.24, 2.45) is 0 Å². The van der Waals surface area contributed by atoms with Crippen LogP contribution in [0.5, 0.6) is 0 Å². The van der Waals surface area contributed by atoms with Crippen LogP contribution >= 0.6 is 0 Å². The summed E-state index contributed by atoms with van der Waals surface area (Å²) in [7, 11) is 0. The zero-order chi connectivity index (χ0) is 10.2. The molecule has 1 radical (unpaired) electrons. The lowest BCUT2D eigenvalue weighted by Gasteiger charge is -2.20. The van der Waals surface area contributed by atoms with Crippen LogP contribution in [0.3, 0.4) is 0 Å². The number of hydrogen-bond donors (Lipinski definition) is 1. The van der Waals surface area contributed by atoms with Crippen molar-refractivity contribution in [1.82, 2.24) is 10.6 Å². The summed E-state index contributed by atoms with van der Waals surface area (Å²) in [6, 6.07) is 0.190. The third kappa shape index (κ3) is 4.49. The number of hydrogen-bond acceptors (Lipinski definition) is 1. The first-order valence-electron chi connectivity index (χ1n) is 5.81. The fraction of sp³-hybridized carbons (Fsp3) is 0.909. The normalized spacial score (nSPS) is 17.8. The summed E-state index contributed by atoms with van der Waals surface area (Å²) in [5.74, 6) is 0. The predicted octanol–water partition coefficient (Wildman–Crippen LogP) is 2.43. The van der Waals surface area contributed by atoms with Crippen molar-refractivity contribution in [3.05, 3.63) is 0 Å². The van der Waals surface area contributed by atoms with E-state index in [9.17, 15) is 4.79 Å². The molecule has 1 fully saturated rings. The molecule has 14 heavy (non-hydrogen) atoms. The molecule has 0 heterocycles. The van der Waals surface area contributed by atoms with Crippen molar-refractivity contribution in [2.45, 2.75) is 57.9 Å². The van der Waals surface area contributed by atoms with Gasteiger partial charge in [-0.1, -0.05) is 32.6 Å². The maximum absolute atomic E-state index is 11.3. The second kappa shape index (κ2) is 6.68. The molecule has 0 unspecified atom stereocenters. The van der Waals surface area contributed by atoms with Gasteiger partial charge in [-0.25, -0.2) is 10.1 Å². The number of carbonyl (C=O) groups excluding carboxylic acids is 1. The minimum absolute atomic E-state index is 0.106. The highest BCUT2D eigenvalue weighted by Crippen LogP contribution is 2.17. The highest BCUT2D eigenvalue weighted by Gasteiger charge is 2.16. The number of nitrogens with zero attached hydrogens (tertiary/aromatic N) is 1. The fourth-order valence-electron chi connectivity index (χ4n) is 1.79. The molecule has 1 aliphatic carbocycles. The molecule has 0 aromatic rings. The van der Waals surface area contributed by atoms with Gasteiger partial charge >= 0.3 is 6.03 Å². The third-order valence-corrected chi connectivity index (χ3v) is 2.68. The summed E-state index contributed by atoms with van der Waals surface area (Å²) in [6.45, 7) is 2.88. The van der Waals surface area contributed by atoms with Crippen molar-refractivity contribution in [3.8, 4) is 0 Å². The van der Waals surface area contributed by atoms with Crippen LogP contribution in [0.2, 0.25) is 0 Å². The molecule has 0 spiro atoms. The molecule has 3 nitrogen and oxygen atoms in total. The Kier molecular flexibility index (Phi) is 5.42. The number of unbranched alkanes of at least 4 members (excludes halogenated alkanes) is 1. The molecule has 0 atom stereocenters. The lowest BCUT2D eigenvalue weighted by molar-refractivity contribution is 0.231. The van der Waals surface area contributed by atoms with Crippen molar-refractivity contribution in [3.63, 3.8) is 0 Å². The van der Waals surface area contributed by atoms with E-state index in [4.69, 9.17) is 0 Å². The molecule has 0 aromatic carbocycles. The van der Waals surface area contributed by atoms with Gasteiger partial charge in [0.05, 0.1) is 6.04 Å². The Balaban J connectivity index is 2.06. The van der Waals surface area contributed by atoms with E-state index in [0.29, 0.717) is 6.04 Å². The van der Waals surface area contributed by atoms with Gasteiger partial charge in [-0.15, -0.1) is 0 Å². The van der Waals surface area contributed by atoms with Crippen LogP contribution in [-0.4, -0.2) is 18.6 Å². The number of rotatable bonds is 4. The Hall–Kier alpha value is -0.730. The minimum atomic E-state index is -0.106. The zero-order valence-electron chi connectivity index (χ0n) is 9.09. The highest BCUT2D eigenvalue weighted by atomic mass is 16.2. The van der Waals surface area contributed by atoms with Gasteiger partial charge in [-0.05, 0) is 19.3 Å². The number of amides is 2. The van der Waals surface area contributed by atoms with Crippen molar-refractivity contribution in [2.75, 3.05) is 6.54 Å². The molecule has 2 amide bonds. The molecule has 1 saturated carbocycles. The minimum Gasteiger partial charge on any atom is -0.337 e. The van der Waals surface area contributed by atoms with Gasteiger partial charge < -0.3 is 5.32 Å². The van der Waals surface area contributed by atoms with E-state index in [1.807, 2.05) is 0 Å². The average Bonchev–Trinajstić information content (AvgIpc) is 2.20. The first-order valence-corrected chi connectivity index (χ1v) is 5.81. The summed E-state index contributed by atoms with van der Waals surface area (Å²) < 4.78 is 0. The quantitative estimate of drug-likeness (QED) is 0.691. The van der Waals surface area contributed by atoms with E-state index in [0.717, 1.165) is 32.2 Å². The Bertz CT molecular complexity index is 165. The third-order valence-electron chi connectivity index (χ3n) is 2.68. The maximum atomic E-state index is 11.3. The van der Waals surface area contributed by atoms with E-state index < -0.39 is 0 Å². The summed E-state index contributed by atoms with van der Waals surface area (Å²) >= 11 is 0. The van der Waals surface area contributed by atoms with Crippen LogP contribution < -0.4 is 10.6 Å². The standard InChI is InChI=1S/C11H21N2O/c1-2-3-9-12-11(14)13-10-7-5-4-6-8-10/h10H,2-9H2,1H3,(H,12,14). The predicted molar refractivity (Wildman–Crippen MR) is 57.3 cm³/mol. The van der Waals surface area contributed by atoms with Gasteiger partial charge in [0.25, 0.3) is 0 Å². The van der Waals surface area contributed by atoms with Crippen LogP contribution in [0.25, 0.3) is 0 Å². The first kappa shape index (κ1) is 11.3. The smallest absolute Gasteiger partial charge is 0.336 e. The van der Waals surface area contributed by atoms with E-state index in [-0.39, 0.29) is 6.03 Å². The lowest BCUT2D eigenvalue weighted by atomic mass is 9.96. The van der Waals surface area contributed by atoms with Crippen molar-refractivity contribution < 1.29 is 4.79 Å². The van der Waals surface area contributed by atoms with E-state index >= 15 is 0 Å². The molecule has 0 bridgehead atoms. The lowest BCUT2D eigenvalue weighted by Crippen LogP contribution is -2.37. The Morgan fingerprint density at radius 1 is 1.36 bits per heavy atom. The van der Waals surface area contributed by atoms with Gasteiger partial charge in [-0.3, -0.25) is 0 Å². The molecule has 1 N–H and O–H groups in total. The molecule has 81 valence electrons. The van der Waals surface area contributed by atoms with E-state index in [1.165, 1.54) is 19.3 Å². The summed E-state index contributed by atoms with van der Waals surface area (Å²) in [6.07, 6.45) is 8.13. The number of carbonyl (C=O) groups is 1. The summed E-state index contributed by atoms with van der Waals surface area (Å²) in [5, 5.41) is 6.98. The SMILES string of the molecule is CCCCNC(=O)[N]C1CCCCC1. The van der Waals surface area contributed by atoms with Crippen molar-refractivity contribution in [1.29, 1.82) is 0 Å². The molecular weight excluding hydrogens is 176 g/mol. The van der Waals surface area contributed by atoms with Crippen LogP contribution in [0.4, 0.5) is 4.79 Å². The largest absolute Gasteiger partial charge is 0.337 e. The maximum Gasteiger partial charge on any atom is 0.336 e. The van der Waals surface area contributed by atoms with Gasteiger partial charge in [0.15, 0.2) is 0 Å². The van der Waals surface area contributed by atoms with Gasteiger partial charge in [0, 0.05) is 6.54 Å². The molecule has 0 aliphatic heterocycles. The fourth-order valence-corrected chi connectivity index (χ4v) is 1.79. The molecule has 1 rings (SSSR count). The highest BCUT2D eigenvalue weighted by molar-refractivity contribution is 5.73. The zero-order valence-corrected chi connectivity index (χ0v) is 9.09. The monoisotopic (exact) mass is 197 g/mol. The van der Waals surface area contributed by atoms with E-state index in [1.54, 1.807) is 0 Å². The van der Waals surface area contributed by atoms with Crippen molar-refractivity contribution >= 4 is 6.03 Å². The summed E-state index contributed by atoms with van der Waals surface area (Å²) in [4.78, 5) is 11.3. The average molecular weight is 197 g/mol. The summed E-state index contributed by atoms with van der Waals surface area (Å²) in [5.41, 5.74) is 0. The van der Waals surface area contributed by atoms with E-state index in [2.05, 4.69) is 17.6 Å². The molecule has 0 aromatic heterocycles. The number of nitrogens with one attached hydrogen (secondary N) is 1. The molecular formula is C11H21N2O. The van der Waals surface area contributed by atoms with Crippen LogP contribution in [0.15, 0.2) is 0 Å². The van der Waals surface area contributed by atoms with Crippen LogP contribution in [0.1, 0.15) is 51.9 Å². The van der Waals surface area contributed by atoms with Gasteiger partial charge in [0.2, 0.25) is 0 Å². The Labute approximate surface area is 86.6 Å². The molecule has 0 saturated heterocycles. The molecule has 3 heteroatoms. The van der Waals surface area contributed by atoms with Gasteiger partial charge in [-0.2, -0.15) is 0 Å². The second-order valence-corrected chi connectivity index (χ2v) is 4.01. The number of urea groups is 1. The molecule has 1 aliphatic rings. The van der Waals surface area contributed by atoms with Crippen LogP contribution in [-0.2, 0) is 0 Å². The Morgan fingerprint density at radius 3 is 2.71 bits per heavy atom. The van der Waals surface area contributed by atoms with Gasteiger partial charge in [0.1, 0.15) is 0 Å². The first-order chi connectivity index (χ1) is 6.83.